The molecule has 0 aliphatic heterocycles. The minimum absolute atomic E-state index is 0.373. The van der Waals surface area contributed by atoms with Gasteiger partial charge in [-0.05, 0) is 0 Å². The number of halogens is 2. The van der Waals surface area contributed by atoms with Gasteiger partial charge in [0.1, 0.15) is 10.2 Å². The van der Waals surface area contributed by atoms with Gasteiger partial charge in [-0.2, -0.15) is 0 Å². The van der Waals surface area contributed by atoms with Crippen molar-refractivity contribution in [1.82, 2.24) is 0 Å². The number of thiophene rings is 1. The van der Waals surface area contributed by atoms with Gasteiger partial charge in [0, 0.05) is 5.38 Å². The maximum absolute atomic E-state index is 11.8. The lowest BCUT2D eigenvalue weighted by Crippen LogP contribution is -1.52. The standard InChI is InChI=1S/C4HClFS/c5-4-1-3(6)2-7-4/h2H. The summed E-state index contributed by atoms with van der Waals surface area (Å²) in [5, 5.41) is 1.31. The first-order valence-corrected chi connectivity index (χ1v) is 2.86. The predicted molar refractivity (Wildman–Crippen MR) is 28.1 cm³/mol. The van der Waals surface area contributed by atoms with E-state index in [2.05, 4.69) is 6.07 Å². The van der Waals surface area contributed by atoms with Gasteiger partial charge in [0.15, 0.2) is 0 Å². The van der Waals surface area contributed by atoms with Crippen molar-refractivity contribution in [3.8, 4) is 0 Å². The molecule has 1 radical (unpaired) electrons. The molecule has 1 aromatic rings. The van der Waals surface area contributed by atoms with Gasteiger partial charge in [0.25, 0.3) is 0 Å². The van der Waals surface area contributed by atoms with Crippen LogP contribution in [0.15, 0.2) is 5.38 Å². The molecule has 0 fully saturated rings. The van der Waals surface area contributed by atoms with E-state index in [9.17, 15) is 4.39 Å². The Labute approximate surface area is 49.5 Å². The van der Waals surface area contributed by atoms with E-state index in [0.717, 1.165) is 11.3 Å². The van der Waals surface area contributed by atoms with Crippen LogP contribution in [0.3, 0.4) is 0 Å². The summed E-state index contributed by atoms with van der Waals surface area (Å²) in [4.78, 5) is 0. The van der Waals surface area contributed by atoms with Crippen LogP contribution >= 0.6 is 22.9 Å². The lowest BCUT2D eigenvalue weighted by atomic mass is 10.6. The number of hydrogen-bond donors (Lipinski definition) is 0. The summed E-state index contributed by atoms with van der Waals surface area (Å²) >= 11 is 6.42. The summed E-state index contributed by atoms with van der Waals surface area (Å²) in [7, 11) is 0. The van der Waals surface area contributed by atoms with Gasteiger partial charge in [-0.3, -0.25) is 0 Å². The van der Waals surface area contributed by atoms with Crippen molar-refractivity contribution >= 4 is 22.9 Å². The molecule has 3 heteroatoms. The summed E-state index contributed by atoms with van der Waals surface area (Å²) in [5.41, 5.74) is 0. The zero-order valence-electron chi connectivity index (χ0n) is 3.24. The summed E-state index contributed by atoms with van der Waals surface area (Å²) in [6, 6.07) is 2.26. The molecule has 1 aromatic heterocycles. The van der Waals surface area contributed by atoms with Crippen LogP contribution < -0.4 is 0 Å². The van der Waals surface area contributed by atoms with Crippen LogP contribution in [0.5, 0.6) is 0 Å². The van der Waals surface area contributed by atoms with Crippen LogP contribution in [0.1, 0.15) is 0 Å². The molecule has 1 heterocycles. The van der Waals surface area contributed by atoms with Crippen LogP contribution in [-0.4, -0.2) is 0 Å². The normalized spacial score (nSPS) is 9.43. The minimum Gasteiger partial charge on any atom is -0.205 e. The fraction of sp³-hybridized carbons (Fsp3) is 0. The molecule has 1 rings (SSSR count). The Kier molecular flexibility index (Phi) is 1.30. The number of hydrogen-bond acceptors (Lipinski definition) is 1. The molecule has 0 saturated heterocycles. The van der Waals surface area contributed by atoms with Crippen LogP contribution in [0, 0.1) is 11.9 Å². The molecular weight excluding hydrogens is 135 g/mol. The maximum atomic E-state index is 11.8. The first-order chi connectivity index (χ1) is 3.29. The molecule has 0 aromatic carbocycles. The Bertz CT molecular complexity index is 144. The lowest BCUT2D eigenvalue weighted by molar-refractivity contribution is 0.631. The Hall–Kier alpha value is -0.0800. The van der Waals surface area contributed by atoms with E-state index in [0.29, 0.717) is 4.34 Å². The Morgan fingerprint density at radius 2 is 2.57 bits per heavy atom. The second-order valence-corrected chi connectivity index (χ2v) is 2.46. The lowest BCUT2D eigenvalue weighted by Gasteiger charge is -1.62. The van der Waals surface area contributed by atoms with Crippen LogP contribution in [0.25, 0.3) is 0 Å². The largest absolute Gasteiger partial charge is 0.205 e. The van der Waals surface area contributed by atoms with E-state index in [1.54, 1.807) is 0 Å². The van der Waals surface area contributed by atoms with Crippen molar-refractivity contribution in [2.45, 2.75) is 0 Å². The van der Waals surface area contributed by atoms with E-state index in [1.807, 2.05) is 0 Å². The highest BCUT2D eigenvalue weighted by atomic mass is 35.5. The highest BCUT2D eigenvalue weighted by Crippen LogP contribution is 2.16. The molecule has 0 aliphatic rings. The van der Waals surface area contributed by atoms with Gasteiger partial charge >= 0.3 is 0 Å². The summed E-state index contributed by atoms with van der Waals surface area (Å²) in [5.74, 6) is -0.380. The molecule has 0 unspecified atom stereocenters. The van der Waals surface area contributed by atoms with Crippen molar-refractivity contribution in [2.75, 3.05) is 0 Å². The maximum Gasteiger partial charge on any atom is 0.143 e. The van der Waals surface area contributed by atoms with Crippen molar-refractivity contribution < 1.29 is 4.39 Å². The van der Waals surface area contributed by atoms with Gasteiger partial charge in [0.2, 0.25) is 0 Å². The molecule has 37 valence electrons. The molecule has 0 amide bonds. The van der Waals surface area contributed by atoms with Gasteiger partial charge in [0.05, 0.1) is 6.07 Å². The molecule has 0 atom stereocenters. The topological polar surface area (TPSA) is 0 Å². The molecule has 0 spiro atoms. The second kappa shape index (κ2) is 1.80. The Balaban J connectivity index is 3.04. The second-order valence-electron chi connectivity index (χ2n) is 0.982. The summed E-state index contributed by atoms with van der Waals surface area (Å²) < 4.78 is 12.2. The first kappa shape index (κ1) is 5.06. The third-order valence-corrected chi connectivity index (χ3v) is 1.48. The summed E-state index contributed by atoms with van der Waals surface area (Å²) in [6.07, 6.45) is 0. The fourth-order valence-electron chi connectivity index (χ4n) is 0.256. The highest BCUT2D eigenvalue weighted by molar-refractivity contribution is 7.14. The minimum atomic E-state index is -0.380. The average Bonchev–Trinajstić information content (AvgIpc) is 1.87. The van der Waals surface area contributed by atoms with Crippen LogP contribution in [-0.2, 0) is 0 Å². The fourth-order valence-corrected chi connectivity index (χ4v) is 0.902. The number of rotatable bonds is 0. The highest BCUT2D eigenvalue weighted by Gasteiger charge is 1.92. The van der Waals surface area contributed by atoms with Crippen molar-refractivity contribution in [1.29, 1.82) is 0 Å². The quantitative estimate of drug-likeness (QED) is 0.512. The van der Waals surface area contributed by atoms with Crippen LogP contribution in [0.2, 0.25) is 4.34 Å². The molecule has 0 saturated carbocycles. The van der Waals surface area contributed by atoms with Crippen molar-refractivity contribution in [3.63, 3.8) is 0 Å². The van der Waals surface area contributed by atoms with E-state index < -0.39 is 0 Å². The third-order valence-electron chi connectivity index (χ3n) is 0.484. The van der Waals surface area contributed by atoms with Crippen molar-refractivity contribution in [3.05, 3.63) is 21.6 Å². The van der Waals surface area contributed by atoms with Crippen LogP contribution in [0.4, 0.5) is 4.39 Å². The molecule has 0 bridgehead atoms. The molecular formula is C4HClFS. The smallest absolute Gasteiger partial charge is 0.143 e. The molecule has 0 N–H and O–H groups in total. The SMILES string of the molecule is Fc1[c]c(Cl)sc1. The van der Waals surface area contributed by atoms with E-state index in [-0.39, 0.29) is 5.82 Å². The predicted octanol–water partition coefficient (Wildman–Crippen LogP) is 2.34. The Morgan fingerprint density at radius 3 is 2.71 bits per heavy atom. The molecule has 0 aliphatic carbocycles. The molecule has 0 nitrogen and oxygen atoms in total. The Morgan fingerprint density at radius 1 is 1.86 bits per heavy atom. The van der Waals surface area contributed by atoms with Gasteiger partial charge in [-0.1, -0.05) is 11.6 Å². The van der Waals surface area contributed by atoms with Gasteiger partial charge in [-0.15, -0.1) is 11.3 Å². The monoisotopic (exact) mass is 135 g/mol. The molecule has 7 heavy (non-hydrogen) atoms. The summed E-state index contributed by atoms with van der Waals surface area (Å²) in [6.45, 7) is 0. The zero-order valence-corrected chi connectivity index (χ0v) is 4.81. The van der Waals surface area contributed by atoms with Gasteiger partial charge in [-0.25, -0.2) is 4.39 Å². The van der Waals surface area contributed by atoms with Crippen molar-refractivity contribution in [2.24, 2.45) is 0 Å². The third kappa shape index (κ3) is 1.14. The van der Waals surface area contributed by atoms with E-state index >= 15 is 0 Å². The van der Waals surface area contributed by atoms with E-state index in [1.165, 1.54) is 5.38 Å². The first-order valence-electron chi connectivity index (χ1n) is 1.61. The van der Waals surface area contributed by atoms with E-state index in [4.69, 9.17) is 11.6 Å². The zero-order chi connectivity index (χ0) is 5.28. The average molecular weight is 136 g/mol. The van der Waals surface area contributed by atoms with Gasteiger partial charge < -0.3 is 0 Å².